The number of aliphatic hydroxyl groups excluding tert-OH is 1. The maximum Gasteiger partial charge on any atom is 0.290 e. The lowest BCUT2D eigenvalue weighted by Crippen LogP contribution is -2.33. The predicted octanol–water partition coefficient (Wildman–Crippen LogP) is 4.76. The van der Waals surface area contributed by atoms with Gasteiger partial charge in [-0.3, -0.25) is 9.59 Å². The topological polar surface area (TPSA) is 103 Å². The summed E-state index contributed by atoms with van der Waals surface area (Å²) >= 11 is 1.26. The molecule has 0 bridgehead atoms. The number of hydrogen-bond donors (Lipinski definition) is 3. The molecule has 0 radical (unpaired) electrons. The zero-order valence-corrected chi connectivity index (χ0v) is 19.1. The van der Waals surface area contributed by atoms with Crippen LogP contribution in [0.2, 0.25) is 0 Å². The largest absolute Gasteiger partial charge is 0.508 e. The molecule has 1 aliphatic heterocycles. The average Bonchev–Trinajstić information content (AvgIpc) is 3.58. The van der Waals surface area contributed by atoms with E-state index in [4.69, 9.17) is 4.74 Å². The molecule has 7 nitrogen and oxygen atoms in total. The molecule has 8 heteroatoms. The number of benzene rings is 2. The van der Waals surface area contributed by atoms with Crippen molar-refractivity contribution in [1.29, 1.82) is 0 Å². The summed E-state index contributed by atoms with van der Waals surface area (Å²) in [4.78, 5) is 31.6. The molecular weight excluding hydrogens is 452 g/mol. The third-order valence-corrected chi connectivity index (χ3v) is 6.97. The molecule has 5 rings (SSSR count). The first kappa shape index (κ1) is 21.8. The molecule has 3 heterocycles. The Morgan fingerprint density at radius 1 is 1.15 bits per heavy atom. The zero-order valence-electron chi connectivity index (χ0n) is 18.3. The molecule has 0 saturated carbocycles. The molecule has 3 N–H and O–H groups in total. The number of carbonyl (C=O) groups excluding carboxylic acids is 2. The second kappa shape index (κ2) is 8.72. The number of aromatic hydroxyl groups is 1. The van der Waals surface area contributed by atoms with Crippen LogP contribution in [-0.2, 0) is 11.2 Å². The molecule has 0 saturated heterocycles. The molecule has 1 amide bonds. The summed E-state index contributed by atoms with van der Waals surface area (Å²) in [6.45, 7) is 0.278. The summed E-state index contributed by atoms with van der Waals surface area (Å²) in [5, 5.41) is 23.3. The van der Waals surface area contributed by atoms with E-state index in [0.29, 0.717) is 16.9 Å². The van der Waals surface area contributed by atoms with Crippen LogP contribution in [-0.4, -0.2) is 45.4 Å². The first-order chi connectivity index (χ1) is 16.5. The van der Waals surface area contributed by atoms with Crippen LogP contribution < -0.4 is 4.74 Å². The highest BCUT2D eigenvalue weighted by atomic mass is 32.1. The van der Waals surface area contributed by atoms with E-state index in [-0.39, 0.29) is 23.7 Å². The zero-order chi connectivity index (χ0) is 23.8. The molecule has 2 aromatic heterocycles. The molecule has 0 fully saturated rings. The van der Waals surface area contributed by atoms with Crippen molar-refractivity contribution in [2.75, 3.05) is 13.7 Å². The van der Waals surface area contributed by atoms with Gasteiger partial charge in [0.05, 0.1) is 23.6 Å². The number of methoxy groups -OCH3 is 1. The van der Waals surface area contributed by atoms with Crippen LogP contribution in [0.4, 0.5) is 0 Å². The van der Waals surface area contributed by atoms with Crippen LogP contribution in [0.5, 0.6) is 11.5 Å². The van der Waals surface area contributed by atoms with Crippen LogP contribution in [0.1, 0.15) is 26.8 Å². The van der Waals surface area contributed by atoms with Crippen molar-refractivity contribution in [3.8, 4) is 11.5 Å². The van der Waals surface area contributed by atoms with Gasteiger partial charge in [-0.25, -0.2) is 0 Å². The third-order valence-electron chi connectivity index (χ3n) is 6.10. The van der Waals surface area contributed by atoms with Crippen molar-refractivity contribution < 1.29 is 24.5 Å². The number of nitrogens with one attached hydrogen (secondary N) is 1. The van der Waals surface area contributed by atoms with E-state index in [2.05, 4.69) is 4.98 Å². The van der Waals surface area contributed by atoms with Crippen molar-refractivity contribution in [3.63, 3.8) is 0 Å². The number of ketones is 1. The highest BCUT2D eigenvalue weighted by Crippen LogP contribution is 2.40. The maximum atomic E-state index is 13.3. The van der Waals surface area contributed by atoms with Crippen LogP contribution in [0.25, 0.3) is 10.9 Å². The smallest absolute Gasteiger partial charge is 0.290 e. The van der Waals surface area contributed by atoms with E-state index in [9.17, 15) is 19.8 Å². The fraction of sp³-hybridized carbons (Fsp3) is 0.154. The monoisotopic (exact) mass is 474 g/mol. The lowest BCUT2D eigenvalue weighted by molar-refractivity contribution is -0.129. The van der Waals surface area contributed by atoms with Gasteiger partial charge in [0.1, 0.15) is 11.5 Å². The first-order valence-corrected chi connectivity index (χ1v) is 11.6. The Labute approximate surface area is 199 Å². The number of thiophene rings is 1. The van der Waals surface area contributed by atoms with Gasteiger partial charge in [0.2, 0.25) is 5.78 Å². The number of rotatable bonds is 7. The maximum absolute atomic E-state index is 13.3. The van der Waals surface area contributed by atoms with Crippen molar-refractivity contribution in [3.05, 3.63) is 93.5 Å². The van der Waals surface area contributed by atoms with Gasteiger partial charge in [0.15, 0.2) is 5.76 Å². The number of fused-ring (bicyclic) bond motifs is 1. The average molecular weight is 475 g/mol. The van der Waals surface area contributed by atoms with E-state index >= 15 is 0 Å². The fourth-order valence-electron chi connectivity index (χ4n) is 4.39. The Balaban J connectivity index is 1.50. The number of phenolic OH excluding ortho intramolecular Hbond substituents is 1. The highest BCUT2D eigenvalue weighted by molar-refractivity contribution is 7.12. The number of aromatic amines is 1. The minimum absolute atomic E-state index is 0.0544. The molecule has 0 aliphatic carbocycles. The Hall–Kier alpha value is -4.04. The van der Waals surface area contributed by atoms with Gasteiger partial charge in [-0.15, -0.1) is 11.3 Å². The van der Waals surface area contributed by atoms with Gasteiger partial charge < -0.3 is 24.8 Å². The quantitative estimate of drug-likeness (QED) is 0.335. The van der Waals surface area contributed by atoms with Crippen LogP contribution in [0.3, 0.4) is 0 Å². The van der Waals surface area contributed by atoms with E-state index < -0.39 is 17.7 Å². The minimum Gasteiger partial charge on any atom is -0.508 e. The van der Waals surface area contributed by atoms with Crippen LogP contribution in [0.15, 0.2) is 77.5 Å². The fourth-order valence-corrected chi connectivity index (χ4v) is 5.07. The molecule has 0 unspecified atom stereocenters. The predicted molar refractivity (Wildman–Crippen MR) is 129 cm³/mol. The summed E-state index contributed by atoms with van der Waals surface area (Å²) in [5.74, 6) is -0.687. The number of H-pyrrole nitrogens is 1. The number of phenols is 1. The highest BCUT2D eigenvalue weighted by Gasteiger charge is 2.43. The number of carbonyl (C=O) groups is 2. The normalized spacial score (nSPS) is 16.0. The van der Waals surface area contributed by atoms with Crippen LogP contribution in [0, 0.1) is 0 Å². The van der Waals surface area contributed by atoms with Gasteiger partial charge in [-0.2, -0.15) is 0 Å². The number of ether oxygens (including phenoxy) is 1. The van der Waals surface area contributed by atoms with Gasteiger partial charge in [-0.05, 0) is 59.3 Å². The van der Waals surface area contributed by atoms with Crippen molar-refractivity contribution in [2.45, 2.75) is 12.5 Å². The summed E-state index contributed by atoms with van der Waals surface area (Å²) < 4.78 is 5.34. The van der Waals surface area contributed by atoms with Crippen LogP contribution >= 0.6 is 11.3 Å². The Morgan fingerprint density at radius 2 is 1.94 bits per heavy atom. The summed E-state index contributed by atoms with van der Waals surface area (Å²) in [7, 11) is 1.61. The lowest BCUT2D eigenvalue weighted by Gasteiger charge is -2.26. The Bertz CT molecular complexity index is 1400. The van der Waals surface area contributed by atoms with Gasteiger partial charge >= 0.3 is 0 Å². The van der Waals surface area contributed by atoms with E-state index in [1.807, 2.05) is 24.4 Å². The van der Waals surface area contributed by atoms with Crippen molar-refractivity contribution in [1.82, 2.24) is 9.88 Å². The number of nitrogens with zero attached hydrogens (tertiary/aromatic N) is 1. The Kier molecular flexibility index (Phi) is 5.59. The molecule has 172 valence electrons. The molecule has 4 aromatic rings. The summed E-state index contributed by atoms with van der Waals surface area (Å²) in [6.07, 6.45) is 2.40. The van der Waals surface area contributed by atoms with Crippen molar-refractivity contribution >= 4 is 33.9 Å². The van der Waals surface area contributed by atoms with Gasteiger partial charge in [0.25, 0.3) is 5.91 Å². The first-order valence-electron chi connectivity index (χ1n) is 10.7. The lowest BCUT2D eigenvalue weighted by atomic mass is 9.95. The molecule has 1 atom stereocenters. The number of hydrogen-bond acceptors (Lipinski definition) is 6. The molecule has 1 aliphatic rings. The Morgan fingerprint density at radius 3 is 2.65 bits per heavy atom. The van der Waals surface area contributed by atoms with Crippen molar-refractivity contribution in [2.24, 2.45) is 0 Å². The number of Topliss-reactive ketones (excluding diaryl/α,β-unsaturated/α-hetero) is 1. The third kappa shape index (κ3) is 3.72. The standard InChI is InChI=1S/C26H22N2O5S/c1-33-18-8-9-20-19(13-18)16(14-27-20)10-11-28-23(15-4-6-17(29)7-5-15)22(25(31)26(28)32)24(30)21-3-2-12-34-21/h2-9,12-14,23,27,29,31H,10-11H2,1H3/t23-/m0/s1. The SMILES string of the molecule is COc1ccc2[nH]cc(CCN3C(=O)C(O)=C(C(=O)c4cccs4)[C@@H]3c3ccc(O)cc3)c2c1. The summed E-state index contributed by atoms with van der Waals surface area (Å²) in [5.41, 5.74) is 2.63. The van der Waals surface area contributed by atoms with E-state index in [1.165, 1.54) is 28.4 Å². The molecule has 0 spiro atoms. The molecular formula is C26H22N2O5S. The molecule has 2 aromatic carbocycles. The van der Waals surface area contributed by atoms with E-state index in [0.717, 1.165) is 22.2 Å². The molecule has 34 heavy (non-hydrogen) atoms. The number of aliphatic hydroxyl groups is 1. The van der Waals surface area contributed by atoms with E-state index in [1.54, 1.807) is 36.8 Å². The second-order valence-electron chi connectivity index (χ2n) is 8.04. The second-order valence-corrected chi connectivity index (χ2v) is 8.98. The summed E-state index contributed by atoms with van der Waals surface area (Å²) in [6, 6.07) is 14.8. The number of amides is 1. The minimum atomic E-state index is -0.762. The van der Waals surface area contributed by atoms with Gasteiger partial charge in [0, 0.05) is 23.6 Å². The number of aromatic nitrogens is 1. The van der Waals surface area contributed by atoms with Gasteiger partial charge in [-0.1, -0.05) is 18.2 Å².